The molecule has 0 bridgehead atoms. The second kappa shape index (κ2) is 5.00. The Hall–Kier alpha value is -2.89. The van der Waals surface area contributed by atoms with Crippen LogP contribution in [0.4, 0.5) is 10.1 Å². The van der Waals surface area contributed by atoms with Crippen LogP contribution in [0.1, 0.15) is 0 Å². The average molecular weight is 270 g/mol. The number of benzene rings is 1. The molecule has 2 heterocycles. The van der Waals surface area contributed by atoms with Crippen LogP contribution in [0.25, 0.3) is 11.4 Å². The largest absolute Gasteiger partial charge is 0.457 e. The normalized spacial score (nSPS) is 10.4. The number of rotatable bonds is 3. The summed E-state index contributed by atoms with van der Waals surface area (Å²) in [5.74, 6) is 0.575. The summed E-state index contributed by atoms with van der Waals surface area (Å²) in [6.45, 7) is 0. The first-order chi connectivity index (χ1) is 9.72. The van der Waals surface area contributed by atoms with Gasteiger partial charge in [0.1, 0.15) is 17.3 Å². The fourth-order valence-electron chi connectivity index (χ4n) is 1.74. The maximum absolute atomic E-state index is 13.1. The Labute approximate surface area is 114 Å². The molecular weight excluding hydrogens is 259 g/mol. The minimum absolute atomic E-state index is 0.0466. The van der Waals surface area contributed by atoms with Crippen LogP contribution < -0.4 is 10.5 Å². The molecule has 0 unspecified atom stereocenters. The summed E-state index contributed by atoms with van der Waals surface area (Å²) in [5, 5.41) is 0. The van der Waals surface area contributed by atoms with Crippen molar-refractivity contribution in [2.24, 2.45) is 0 Å². The standard InChI is InChI=1S/C14H11FN4O/c15-11-2-1-9(5-12(11)16)20-10-3-4-18-13(6-10)14-7-17-8-19-14/h1-8H,16H2,(H,17,19). The van der Waals surface area contributed by atoms with Gasteiger partial charge in [-0.1, -0.05) is 0 Å². The minimum Gasteiger partial charge on any atom is -0.457 e. The fourth-order valence-corrected chi connectivity index (χ4v) is 1.74. The molecule has 2 aromatic heterocycles. The maximum atomic E-state index is 13.1. The van der Waals surface area contributed by atoms with E-state index >= 15 is 0 Å². The number of nitrogens with zero attached hydrogens (tertiary/aromatic N) is 2. The Morgan fingerprint density at radius 3 is 2.75 bits per heavy atom. The third-order valence-electron chi connectivity index (χ3n) is 2.71. The van der Waals surface area contributed by atoms with Crippen molar-refractivity contribution in [3.63, 3.8) is 0 Å². The van der Waals surface area contributed by atoms with Gasteiger partial charge in [-0.15, -0.1) is 0 Å². The number of anilines is 1. The zero-order valence-electron chi connectivity index (χ0n) is 10.4. The van der Waals surface area contributed by atoms with Gasteiger partial charge < -0.3 is 15.5 Å². The first kappa shape index (κ1) is 12.2. The SMILES string of the molecule is Nc1cc(Oc2ccnc(-c3cnc[nH]3)c2)ccc1F. The third kappa shape index (κ3) is 2.44. The lowest BCUT2D eigenvalue weighted by Crippen LogP contribution is -1.92. The van der Waals surface area contributed by atoms with Crippen molar-refractivity contribution in [1.29, 1.82) is 0 Å². The Morgan fingerprint density at radius 1 is 1.15 bits per heavy atom. The van der Waals surface area contributed by atoms with Crippen LogP contribution in [0.2, 0.25) is 0 Å². The van der Waals surface area contributed by atoms with Gasteiger partial charge in [-0.25, -0.2) is 9.37 Å². The summed E-state index contributed by atoms with van der Waals surface area (Å²) < 4.78 is 18.7. The van der Waals surface area contributed by atoms with E-state index in [1.807, 2.05) is 0 Å². The smallest absolute Gasteiger partial charge is 0.146 e. The number of halogens is 1. The summed E-state index contributed by atoms with van der Waals surface area (Å²) >= 11 is 0. The first-order valence-corrected chi connectivity index (χ1v) is 5.90. The van der Waals surface area contributed by atoms with Gasteiger partial charge in [-0.3, -0.25) is 4.98 Å². The second-order valence-electron chi connectivity index (χ2n) is 4.13. The van der Waals surface area contributed by atoms with Crippen molar-refractivity contribution < 1.29 is 9.13 Å². The highest BCUT2D eigenvalue weighted by Gasteiger charge is 2.05. The van der Waals surface area contributed by atoms with E-state index in [0.717, 1.165) is 5.69 Å². The third-order valence-corrected chi connectivity index (χ3v) is 2.71. The van der Waals surface area contributed by atoms with Crippen LogP contribution in [-0.2, 0) is 0 Å². The maximum Gasteiger partial charge on any atom is 0.146 e. The first-order valence-electron chi connectivity index (χ1n) is 5.90. The van der Waals surface area contributed by atoms with Crippen molar-refractivity contribution >= 4 is 5.69 Å². The molecule has 0 aliphatic rings. The quantitative estimate of drug-likeness (QED) is 0.717. The van der Waals surface area contributed by atoms with Crippen LogP contribution in [0.5, 0.6) is 11.5 Å². The number of nitrogens with two attached hydrogens (primary N) is 1. The summed E-state index contributed by atoms with van der Waals surface area (Å²) in [5.41, 5.74) is 7.04. The lowest BCUT2D eigenvalue weighted by Gasteiger charge is -2.07. The molecular formula is C14H11FN4O. The molecule has 0 aliphatic carbocycles. The van der Waals surface area contributed by atoms with Gasteiger partial charge >= 0.3 is 0 Å². The molecule has 0 fully saturated rings. The van der Waals surface area contributed by atoms with Gasteiger partial charge in [-0.2, -0.15) is 0 Å². The van der Waals surface area contributed by atoms with Crippen LogP contribution >= 0.6 is 0 Å². The molecule has 0 aliphatic heterocycles. The van der Waals surface area contributed by atoms with E-state index in [1.165, 1.54) is 18.2 Å². The van der Waals surface area contributed by atoms with E-state index in [0.29, 0.717) is 17.2 Å². The number of aromatic nitrogens is 3. The van der Waals surface area contributed by atoms with E-state index < -0.39 is 5.82 Å². The van der Waals surface area contributed by atoms with Crippen molar-refractivity contribution in [2.45, 2.75) is 0 Å². The van der Waals surface area contributed by atoms with Crippen molar-refractivity contribution in [3.05, 3.63) is 54.9 Å². The summed E-state index contributed by atoms with van der Waals surface area (Å²) in [6.07, 6.45) is 4.87. The van der Waals surface area contributed by atoms with Gasteiger partial charge in [-0.05, 0) is 18.2 Å². The predicted molar refractivity (Wildman–Crippen MR) is 72.7 cm³/mol. The molecule has 1 aromatic carbocycles. The second-order valence-corrected chi connectivity index (χ2v) is 4.13. The van der Waals surface area contributed by atoms with Crippen LogP contribution in [0.15, 0.2) is 49.1 Å². The van der Waals surface area contributed by atoms with Gasteiger partial charge in [0, 0.05) is 18.3 Å². The molecule has 6 heteroatoms. The monoisotopic (exact) mass is 270 g/mol. The molecule has 0 saturated carbocycles. The van der Waals surface area contributed by atoms with Crippen LogP contribution in [0, 0.1) is 5.82 Å². The Bertz CT molecular complexity index is 728. The molecule has 5 nitrogen and oxygen atoms in total. The molecule has 3 rings (SSSR count). The van der Waals surface area contributed by atoms with E-state index in [1.54, 1.807) is 30.9 Å². The van der Waals surface area contributed by atoms with E-state index in [9.17, 15) is 4.39 Å². The number of hydrogen-bond donors (Lipinski definition) is 2. The molecule has 100 valence electrons. The van der Waals surface area contributed by atoms with Crippen molar-refractivity contribution in [2.75, 3.05) is 5.73 Å². The minimum atomic E-state index is -0.467. The zero-order valence-corrected chi connectivity index (χ0v) is 10.4. The topological polar surface area (TPSA) is 76.8 Å². The van der Waals surface area contributed by atoms with Gasteiger partial charge in [0.25, 0.3) is 0 Å². The average Bonchev–Trinajstić information content (AvgIpc) is 2.97. The molecule has 0 spiro atoms. The van der Waals surface area contributed by atoms with Crippen LogP contribution in [0.3, 0.4) is 0 Å². The van der Waals surface area contributed by atoms with E-state index in [4.69, 9.17) is 10.5 Å². The molecule has 0 saturated heterocycles. The predicted octanol–water partition coefficient (Wildman–Crippen LogP) is 2.99. The molecule has 20 heavy (non-hydrogen) atoms. The summed E-state index contributed by atoms with van der Waals surface area (Å²) in [6, 6.07) is 7.68. The molecule has 3 aromatic rings. The highest BCUT2D eigenvalue weighted by atomic mass is 19.1. The number of nitrogen functional groups attached to an aromatic ring is 1. The van der Waals surface area contributed by atoms with Crippen molar-refractivity contribution in [3.8, 4) is 22.9 Å². The number of pyridine rings is 1. The molecule has 3 N–H and O–H groups in total. The van der Waals surface area contributed by atoms with E-state index in [2.05, 4.69) is 15.0 Å². The molecule has 0 radical (unpaired) electrons. The van der Waals surface area contributed by atoms with Gasteiger partial charge in [0.15, 0.2) is 0 Å². The Kier molecular flexibility index (Phi) is 3.04. The number of nitrogens with one attached hydrogen (secondary N) is 1. The summed E-state index contributed by atoms with van der Waals surface area (Å²) in [4.78, 5) is 11.1. The van der Waals surface area contributed by atoms with E-state index in [-0.39, 0.29) is 5.69 Å². The number of hydrogen-bond acceptors (Lipinski definition) is 4. The summed E-state index contributed by atoms with van der Waals surface area (Å²) in [7, 11) is 0. The van der Waals surface area contributed by atoms with Crippen molar-refractivity contribution in [1.82, 2.24) is 15.0 Å². The highest BCUT2D eigenvalue weighted by Crippen LogP contribution is 2.26. The fraction of sp³-hybridized carbons (Fsp3) is 0. The number of imidazole rings is 1. The zero-order chi connectivity index (χ0) is 13.9. The lowest BCUT2D eigenvalue weighted by molar-refractivity contribution is 0.480. The van der Waals surface area contributed by atoms with Crippen LogP contribution in [-0.4, -0.2) is 15.0 Å². The van der Waals surface area contributed by atoms with Gasteiger partial charge in [0.2, 0.25) is 0 Å². The number of aromatic amines is 1. The highest BCUT2D eigenvalue weighted by molar-refractivity contribution is 5.55. The number of ether oxygens (including phenoxy) is 1. The lowest BCUT2D eigenvalue weighted by atomic mass is 10.2. The molecule has 0 amide bonds. The Balaban J connectivity index is 1.87. The number of H-pyrrole nitrogens is 1. The Morgan fingerprint density at radius 2 is 2.00 bits per heavy atom. The van der Waals surface area contributed by atoms with Gasteiger partial charge in [0.05, 0.1) is 29.6 Å². The molecule has 0 atom stereocenters.